The highest BCUT2D eigenvalue weighted by Gasteiger charge is 2.12. The van der Waals surface area contributed by atoms with Crippen molar-refractivity contribution in [3.05, 3.63) is 81.5 Å². The predicted molar refractivity (Wildman–Crippen MR) is 110 cm³/mol. The summed E-state index contributed by atoms with van der Waals surface area (Å²) in [5, 5.41) is 18.0. The fraction of sp³-hybridized carbons (Fsp3) is 0.143. The maximum atomic E-state index is 12.4. The first kappa shape index (κ1) is 19.8. The number of nitrogens with one attached hydrogen (secondary N) is 1. The van der Waals surface area contributed by atoms with Gasteiger partial charge in [-0.1, -0.05) is 11.6 Å². The van der Waals surface area contributed by atoms with Crippen LogP contribution in [0.1, 0.15) is 16.8 Å². The number of anilines is 1. The van der Waals surface area contributed by atoms with Gasteiger partial charge in [0.25, 0.3) is 5.69 Å². The molecule has 1 aromatic heterocycles. The number of hydrogen-bond donors (Lipinski definition) is 1. The van der Waals surface area contributed by atoms with Crippen LogP contribution in [0.2, 0.25) is 0 Å². The third-order valence-electron chi connectivity index (χ3n) is 4.19. The lowest BCUT2D eigenvalue weighted by Crippen LogP contribution is -2.12. The molecule has 0 radical (unpaired) electrons. The second-order valence-corrected chi connectivity index (χ2v) is 6.42. The Bertz CT molecular complexity index is 1080. The Hall–Kier alpha value is -3.94. The van der Waals surface area contributed by atoms with E-state index in [1.165, 1.54) is 22.9 Å². The van der Waals surface area contributed by atoms with E-state index in [1.807, 2.05) is 25.1 Å². The monoisotopic (exact) mass is 392 g/mol. The van der Waals surface area contributed by atoms with E-state index in [0.717, 1.165) is 11.1 Å². The van der Waals surface area contributed by atoms with Gasteiger partial charge in [-0.2, -0.15) is 5.10 Å². The van der Waals surface area contributed by atoms with E-state index in [2.05, 4.69) is 10.4 Å². The van der Waals surface area contributed by atoms with Crippen molar-refractivity contribution >= 4 is 23.5 Å². The van der Waals surface area contributed by atoms with Gasteiger partial charge in [0.2, 0.25) is 5.91 Å². The van der Waals surface area contributed by atoms with E-state index in [4.69, 9.17) is 4.74 Å². The van der Waals surface area contributed by atoms with Gasteiger partial charge >= 0.3 is 0 Å². The van der Waals surface area contributed by atoms with Crippen LogP contribution in [0.3, 0.4) is 0 Å². The molecule has 0 unspecified atom stereocenters. The van der Waals surface area contributed by atoms with Crippen molar-refractivity contribution in [3.63, 3.8) is 0 Å². The second kappa shape index (κ2) is 8.39. The number of non-ortho nitro benzene ring substituents is 1. The summed E-state index contributed by atoms with van der Waals surface area (Å²) in [5.41, 5.74) is 3.13. The molecule has 0 saturated heterocycles. The number of nitro groups is 1. The average Bonchev–Trinajstić information content (AvgIpc) is 3.06. The quantitative estimate of drug-likeness (QED) is 0.387. The summed E-state index contributed by atoms with van der Waals surface area (Å²) in [6.45, 7) is 3.76. The first-order valence-corrected chi connectivity index (χ1v) is 8.82. The molecule has 8 heteroatoms. The Kier molecular flexibility index (Phi) is 5.73. The minimum absolute atomic E-state index is 0.0155. The van der Waals surface area contributed by atoms with E-state index in [9.17, 15) is 14.9 Å². The molecule has 1 amide bonds. The summed E-state index contributed by atoms with van der Waals surface area (Å²) < 4.78 is 6.84. The number of carbonyl (C=O) groups is 1. The lowest BCUT2D eigenvalue weighted by molar-refractivity contribution is -0.384. The van der Waals surface area contributed by atoms with Gasteiger partial charge in [-0.05, 0) is 44.2 Å². The van der Waals surface area contributed by atoms with Crippen LogP contribution in [0.15, 0.2) is 54.6 Å². The lowest BCUT2D eigenvalue weighted by atomic mass is 10.1. The first-order chi connectivity index (χ1) is 13.9. The number of carbonyl (C=O) groups excluding carboxylic acids is 1. The molecule has 1 heterocycles. The van der Waals surface area contributed by atoms with Crippen molar-refractivity contribution in [1.29, 1.82) is 0 Å². The van der Waals surface area contributed by atoms with Crippen LogP contribution < -0.4 is 10.1 Å². The standard InChI is InChI=1S/C21H20N4O4/c1-14-4-10-19(29-3)16(12-14)5-11-21(26)22-20-13-15(2)23-24(20)17-6-8-18(9-7-17)25(27)28/h4-13H,1-3H3,(H,22,26)/b11-5+. The molecule has 29 heavy (non-hydrogen) atoms. The third-order valence-corrected chi connectivity index (χ3v) is 4.19. The Labute approximate surface area is 167 Å². The minimum atomic E-state index is -0.467. The van der Waals surface area contributed by atoms with Crippen LogP contribution in [0.25, 0.3) is 11.8 Å². The summed E-state index contributed by atoms with van der Waals surface area (Å²) in [6.07, 6.45) is 3.10. The molecule has 0 aliphatic carbocycles. The van der Waals surface area contributed by atoms with E-state index in [-0.39, 0.29) is 11.6 Å². The number of nitro benzene ring substituents is 1. The number of benzene rings is 2. The minimum Gasteiger partial charge on any atom is -0.496 e. The van der Waals surface area contributed by atoms with Gasteiger partial charge in [-0.3, -0.25) is 14.9 Å². The van der Waals surface area contributed by atoms with E-state index in [0.29, 0.717) is 22.9 Å². The van der Waals surface area contributed by atoms with Gasteiger partial charge < -0.3 is 10.1 Å². The van der Waals surface area contributed by atoms with Crippen LogP contribution in [0.4, 0.5) is 11.5 Å². The van der Waals surface area contributed by atoms with E-state index >= 15 is 0 Å². The maximum Gasteiger partial charge on any atom is 0.269 e. The fourth-order valence-corrected chi connectivity index (χ4v) is 2.82. The summed E-state index contributed by atoms with van der Waals surface area (Å²) in [4.78, 5) is 22.8. The fourth-order valence-electron chi connectivity index (χ4n) is 2.82. The van der Waals surface area contributed by atoms with Crippen molar-refractivity contribution < 1.29 is 14.5 Å². The second-order valence-electron chi connectivity index (χ2n) is 6.42. The number of aromatic nitrogens is 2. The summed E-state index contributed by atoms with van der Waals surface area (Å²) in [7, 11) is 1.58. The Morgan fingerprint density at radius 3 is 2.55 bits per heavy atom. The lowest BCUT2D eigenvalue weighted by Gasteiger charge is -2.08. The molecule has 1 N–H and O–H groups in total. The van der Waals surface area contributed by atoms with E-state index < -0.39 is 4.92 Å². The van der Waals surface area contributed by atoms with Gasteiger partial charge in [0.1, 0.15) is 11.6 Å². The number of nitrogens with zero attached hydrogens (tertiary/aromatic N) is 3. The predicted octanol–water partition coefficient (Wildman–Crippen LogP) is 4.06. The molecule has 3 aromatic rings. The molecule has 0 atom stereocenters. The largest absolute Gasteiger partial charge is 0.496 e. The SMILES string of the molecule is COc1ccc(C)cc1/C=C/C(=O)Nc1cc(C)nn1-c1ccc([N+](=O)[O-])cc1. The average molecular weight is 392 g/mol. The smallest absolute Gasteiger partial charge is 0.269 e. The number of ether oxygens (including phenoxy) is 1. The molecular formula is C21H20N4O4. The molecule has 0 aliphatic heterocycles. The van der Waals surface area contributed by atoms with Crippen molar-refractivity contribution in [1.82, 2.24) is 9.78 Å². The highest BCUT2D eigenvalue weighted by atomic mass is 16.6. The summed E-state index contributed by atoms with van der Waals surface area (Å²) in [5.74, 6) is 0.797. The van der Waals surface area contributed by atoms with Gasteiger partial charge in [0, 0.05) is 29.8 Å². The van der Waals surface area contributed by atoms with Crippen LogP contribution in [0, 0.1) is 24.0 Å². The first-order valence-electron chi connectivity index (χ1n) is 8.82. The van der Waals surface area contributed by atoms with Crippen molar-refractivity contribution in [2.45, 2.75) is 13.8 Å². The maximum absolute atomic E-state index is 12.4. The van der Waals surface area contributed by atoms with Crippen LogP contribution in [0.5, 0.6) is 5.75 Å². The number of hydrogen-bond acceptors (Lipinski definition) is 5. The molecule has 0 fully saturated rings. The third kappa shape index (κ3) is 4.67. The number of methoxy groups -OCH3 is 1. The molecule has 148 valence electrons. The normalized spacial score (nSPS) is 10.9. The van der Waals surface area contributed by atoms with E-state index in [1.54, 1.807) is 38.3 Å². The highest BCUT2D eigenvalue weighted by molar-refractivity contribution is 6.01. The Balaban J connectivity index is 1.81. The number of aryl methyl sites for hydroxylation is 2. The molecule has 0 bridgehead atoms. The summed E-state index contributed by atoms with van der Waals surface area (Å²) >= 11 is 0. The Morgan fingerprint density at radius 1 is 1.17 bits per heavy atom. The van der Waals surface area contributed by atoms with Crippen molar-refractivity contribution in [2.24, 2.45) is 0 Å². The van der Waals surface area contributed by atoms with Crippen LogP contribution in [-0.4, -0.2) is 27.7 Å². The Morgan fingerprint density at radius 2 is 1.90 bits per heavy atom. The molecule has 0 saturated carbocycles. The topological polar surface area (TPSA) is 99.3 Å². The van der Waals surface area contributed by atoms with Crippen molar-refractivity contribution in [3.8, 4) is 11.4 Å². The van der Waals surface area contributed by atoms with Crippen LogP contribution in [-0.2, 0) is 4.79 Å². The molecule has 2 aromatic carbocycles. The van der Waals surface area contributed by atoms with Gasteiger partial charge in [-0.15, -0.1) is 0 Å². The van der Waals surface area contributed by atoms with Crippen molar-refractivity contribution in [2.75, 3.05) is 12.4 Å². The highest BCUT2D eigenvalue weighted by Crippen LogP contribution is 2.22. The van der Waals surface area contributed by atoms with Gasteiger partial charge in [-0.25, -0.2) is 4.68 Å². The summed E-state index contributed by atoms with van der Waals surface area (Å²) in [6, 6.07) is 13.4. The molecule has 0 spiro atoms. The zero-order valence-corrected chi connectivity index (χ0v) is 16.2. The molecule has 8 nitrogen and oxygen atoms in total. The van der Waals surface area contributed by atoms with Crippen LogP contribution >= 0.6 is 0 Å². The molecule has 3 rings (SSSR count). The molecular weight excluding hydrogens is 372 g/mol. The van der Waals surface area contributed by atoms with Gasteiger partial charge in [0.15, 0.2) is 0 Å². The molecule has 0 aliphatic rings. The van der Waals surface area contributed by atoms with Gasteiger partial charge in [0.05, 0.1) is 23.4 Å². The zero-order valence-electron chi connectivity index (χ0n) is 16.2. The zero-order chi connectivity index (χ0) is 21.0. The number of amides is 1. The number of rotatable bonds is 6.